The van der Waals surface area contributed by atoms with Crippen molar-refractivity contribution >= 4 is 28.4 Å². The van der Waals surface area contributed by atoms with Gasteiger partial charge in [0.2, 0.25) is 0 Å². The largest absolute Gasteiger partial charge is 0.494 e. The quantitative estimate of drug-likeness (QED) is 0.313. The molecule has 0 unspecified atom stereocenters. The Bertz CT molecular complexity index is 1080. The molecule has 0 bridgehead atoms. The average molecular weight is 442 g/mol. The highest BCUT2D eigenvalue weighted by atomic mass is 16.5. The Morgan fingerprint density at radius 3 is 2.03 bits per heavy atom. The number of anilines is 1. The van der Waals surface area contributed by atoms with E-state index in [1.807, 2.05) is 42.5 Å². The molecule has 0 aromatic heterocycles. The fourth-order valence-electron chi connectivity index (χ4n) is 3.85. The SMILES string of the molecule is CCCCc1ccc(N=Nc2ccc(N=Nc3ccc(N4CCCC4)cc3)cc2OC)cc1. The van der Waals surface area contributed by atoms with Gasteiger partial charge >= 0.3 is 0 Å². The molecule has 1 heterocycles. The summed E-state index contributed by atoms with van der Waals surface area (Å²) in [5, 5.41) is 17.5. The molecule has 0 atom stereocenters. The van der Waals surface area contributed by atoms with Crippen molar-refractivity contribution in [2.45, 2.75) is 39.0 Å². The summed E-state index contributed by atoms with van der Waals surface area (Å²) in [4.78, 5) is 2.40. The highest BCUT2D eigenvalue weighted by Gasteiger charge is 2.11. The van der Waals surface area contributed by atoms with E-state index in [4.69, 9.17) is 4.74 Å². The Kier molecular flexibility index (Phi) is 7.80. The highest BCUT2D eigenvalue weighted by molar-refractivity contribution is 5.59. The summed E-state index contributed by atoms with van der Waals surface area (Å²) >= 11 is 0. The number of hydrogen-bond acceptors (Lipinski definition) is 6. The maximum absolute atomic E-state index is 5.50. The minimum absolute atomic E-state index is 0.610. The van der Waals surface area contributed by atoms with Crippen molar-refractivity contribution in [2.75, 3.05) is 25.1 Å². The van der Waals surface area contributed by atoms with E-state index in [-0.39, 0.29) is 0 Å². The van der Waals surface area contributed by atoms with Crippen LogP contribution in [0.2, 0.25) is 0 Å². The van der Waals surface area contributed by atoms with Crippen LogP contribution in [0.5, 0.6) is 5.75 Å². The Labute approximate surface area is 196 Å². The summed E-state index contributed by atoms with van der Waals surface area (Å²) in [6.45, 7) is 4.47. The van der Waals surface area contributed by atoms with Gasteiger partial charge in [-0.3, -0.25) is 0 Å². The Hall–Kier alpha value is -3.54. The van der Waals surface area contributed by atoms with Crippen LogP contribution in [0, 0.1) is 0 Å². The molecule has 0 amide bonds. The van der Waals surface area contributed by atoms with Gasteiger partial charge in [-0.25, -0.2) is 0 Å². The van der Waals surface area contributed by atoms with Crippen LogP contribution in [-0.4, -0.2) is 20.2 Å². The number of azo groups is 2. The molecule has 1 fully saturated rings. The number of aryl methyl sites for hydroxylation is 1. The normalized spacial score (nSPS) is 13.9. The minimum atomic E-state index is 0.610. The minimum Gasteiger partial charge on any atom is -0.494 e. The number of unbranched alkanes of at least 4 members (excludes halogenated alkanes) is 1. The zero-order valence-corrected chi connectivity index (χ0v) is 19.4. The average Bonchev–Trinajstić information content (AvgIpc) is 3.41. The van der Waals surface area contributed by atoms with Crippen LogP contribution in [0.4, 0.5) is 28.4 Å². The standard InChI is InChI=1S/C27H31N5O/c1-3-4-7-21-8-10-22(11-9-21)29-31-26-17-14-24(20-27(26)33-2)30-28-23-12-15-25(16-13-23)32-18-5-6-19-32/h8-17,20H,3-7,18-19H2,1-2H3. The maximum atomic E-state index is 5.50. The lowest BCUT2D eigenvalue weighted by atomic mass is 10.1. The van der Waals surface area contributed by atoms with Crippen molar-refractivity contribution in [3.05, 3.63) is 72.3 Å². The Balaban J connectivity index is 1.41. The Morgan fingerprint density at radius 1 is 0.758 bits per heavy atom. The number of ether oxygens (including phenoxy) is 1. The summed E-state index contributed by atoms with van der Waals surface area (Å²) < 4.78 is 5.50. The van der Waals surface area contributed by atoms with Crippen molar-refractivity contribution in [3.8, 4) is 5.75 Å². The second-order valence-electron chi connectivity index (χ2n) is 8.24. The molecular weight excluding hydrogens is 410 g/mol. The summed E-state index contributed by atoms with van der Waals surface area (Å²) in [7, 11) is 1.62. The molecule has 170 valence electrons. The lowest BCUT2D eigenvalue weighted by Gasteiger charge is -2.17. The van der Waals surface area contributed by atoms with Crippen molar-refractivity contribution in [1.82, 2.24) is 0 Å². The molecule has 0 spiro atoms. The first-order valence-electron chi connectivity index (χ1n) is 11.7. The molecule has 1 aliphatic heterocycles. The first kappa shape index (κ1) is 22.6. The molecule has 0 N–H and O–H groups in total. The number of methoxy groups -OCH3 is 1. The van der Waals surface area contributed by atoms with Crippen LogP contribution in [0.1, 0.15) is 38.2 Å². The molecule has 6 nitrogen and oxygen atoms in total. The van der Waals surface area contributed by atoms with E-state index >= 15 is 0 Å². The molecule has 33 heavy (non-hydrogen) atoms. The second kappa shape index (κ2) is 11.4. The Morgan fingerprint density at radius 2 is 1.36 bits per heavy atom. The fourth-order valence-corrected chi connectivity index (χ4v) is 3.85. The predicted octanol–water partition coefficient (Wildman–Crippen LogP) is 8.47. The van der Waals surface area contributed by atoms with Crippen molar-refractivity contribution < 1.29 is 4.74 Å². The van der Waals surface area contributed by atoms with Crippen molar-refractivity contribution in [2.24, 2.45) is 20.5 Å². The van der Waals surface area contributed by atoms with E-state index in [2.05, 4.69) is 56.5 Å². The molecule has 0 radical (unpaired) electrons. The van der Waals surface area contributed by atoms with Crippen LogP contribution in [0.25, 0.3) is 0 Å². The topological polar surface area (TPSA) is 61.9 Å². The zero-order chi connectivity index (χ0) is 22.9. The second-order valence-corrected chi connectivity index (χ2v) is 8.24. The molecule has 6 heteroatoms. The van der Waals surface area contributed by atoms with E-state index in [1.54, 1.807) is 7.11 Å². The van der Waals surface area contributed by atoms with Gasteiger partial charge in [0.15, 0.2) is 0 Å². The van der Waals surface area contributed by atoms with Crippen LogP contribution in [-0.2, 0) is 6.42 Å². The van der Waals surface area contributed by atoms with Crippen LogP contribution in [0.3, 0.4) is 0 Å². The van der Waals surface area contributed by atoms with E-state index in [0.717, 1.165) is 30.9 Å². The van der Waals surface area contributed by atoms with Gasteiger partial charge in [0.1, 0.15) is 11.4 Å². The molecule has 3 aromatic carbocycles. The summed E-state index contributed by atoms with van der Waals surface area (Å²) in [5.74, 6) is 0.610. The summed E-state index contributed by atoms with van der Waals surface area (Å²) in [6.07, 6.45) is 6.03. The highest BCUT2D eigenvalue weighted by Crippen LogP contribution is 2.34. The van der Waals surface area contributed by atoms with E-state index in [9.17, 15) is 0 Å². The van der Waals surface area contributed by atoms with Crippen LogP contribution < -0.4 is 9.64 Å². The van der Waals surface area contributed by atoms with Gasteiger partial charge in [0.25, 0.3) is 0 Å². The zero-order valence-electron chi connectivity index (χ0n) is 19.4. The molecule has 0 aliphatic carbocycles. The first-order chi connectivity index (χ1) is 16.2. The molecular formula is C27H31N5O. The smallest absolute Gasteiger partial charge is 0.148 e. The van der Waals surface area contributed by atoms with E-state index in [1.165, 1.54) is 36.9 Å². The molecule has 4 rings (SSSR count). The fraction of sp³-hybridized carbons (Fsp3) is 0.333. The summed E-state index contributed by atoms with van der Waals surface area (Å²) in [6, 6.07) is 22.0. The van der Waals surface area contributed by atoms with Gasteiger partial charge in [0, 0.05) is 24.8 Å². The predicted molar refractivity (Wildman–Crippen MR) is 134 cm³/mol. The molecule has 1 aliphatic rings. The van der Waals surface area contributed by atoms with Crippen molar-refractivity contribution in [1.29, 1.82) is 0 Å². The third-order valence-corrected chi connectivity index (χ3v) is 5.79. The molecule has 3 aromatic rings. The lowest BCUT2D eigenvalue weighted by molar-refractivity contribution is 0.416. The van der Waals surface area contributed by atoms with Crippen molar-refractivity contribution in [3.63, 3.8) is 0 Å². The summed E-state index contributed by atoms with van der Waals surface area (Å²) in [5.41, 5.74) is 5.57. The third kappa shape index (κ3) is 6.25. The van der Waals surface area contributed by atoms with Gasteiger partial charge in [-0.1, -0.05) is 25.5 Å². The number of rotatable bonds is 9. The molecule has 1 saturated heterocycles. The maximum Gasteiger partial charge on any atom is 0.148 e. The van der Waals surface area contributed by atoms with Gasteiger partial charge in [-0.15, -0.1) is 5.11 Å². The first-order valence-corrected chi connectivity index (χ1v) is 11.7. The van der Waals surface area contributed by atoms with Crippen LogP contribution >= 0.6 is 0 Å². The number of nitrogens with zero attached hydrogens (tertiary/aromatic N) is 5. The van der Waals surface area contributed by atoms with Gasteiger partial charge in [-0.2, -0.15) is 15.3 Å². The lowest BCUT2D eigenvalue weighted by Crippen LogP contribution is -2.17. The monoisotopic (exact) mass is 441 g/mol. The number of hydrogen-bond donors (Lipinski definition) is 0. The van der Waals surface area contributed by atoms with Gasteiger partial charge < -0.3 is 9.64 Å². The third-order valence-electron chi connectivity index (χ3n) is 5.79. The van der Waals surface area contributed by atoms with E-state index in [0.29, 0.717) is 17.1 Å². The number of benzene rings is 3. The van der Waals surface area contributed by atoms with E-state index < -0.39 is 0 Å². The van der Waals surface area contributed by atoms with Crippen LogP contribution in [0.15, 0.2) is 87.2 Å². The van der Waals surface area contributed by atoms with Gasteiger partial charge in [-0.05, 0) is 79.8 Å². The van der Waals surface area contributed by atoms with Gasteiger partial charge in [0.05, 0.1) is 24.2 Å². The molecule has 0 saturated carbocycles.